The van der Waals surface area contributed by atoms with E-state index in [1.807, 2.05) is 24.3 Å². The van der Waals surface area contributed by atoms with Crippen molar-refractivity contribution in [2.75, 3.05) is 19.5 Å². The summed E-state index contributed by atoms with van der Waals surface area (Å²) in [6, 6.07) is 7.33. The zero-order valence-electron chi connectivity index (χ0n) is 15.2. The molecule has 148 valence electrons. The minimum absolute atomic E-state index is 0.00837. The second kappa shape index (κ2) is 7.23. The van der Waals surface area contributed by atoms with E-state index >= 15 is 0 Å². The van der Waals surface area contributed by atoms with E-state index in [4.69, 9.17) is 15.2 Å². The molecule has 1 aromatic carbocycles. The number of imidazole rings is 1. The van der Waals surface area contributed by atoms with Crippen molar-refractivity contribution in [2.45, 2.75) is 31.4 Å². The third-order valence-corrected chi connectivity index (χ3v) is 4.85. The lowest BCUT2D eigenvalue weighted by molar-refractivity contribution is -0.0505. The highest BCUT2D eigenvalue weighted by Gasteiger charge is 2.37. The highest BCUT2D eigenvalue weighted by molar-refractivity contribution is 5.72. The Labute approximate surface area is 159 Å². The number of aromatic nitrogens is 4. The largest absolute Gasteiger partial charge is 0.497 e. The molecule has 1 aliphatic rings. The van der Waals surface area contributed by atoms with E-state index in [2.05, 4.69) is 9.97 Å². The fourth-order valence-corrected chi connectivity index (χ4v) is 3.45. The van der Waals surface area contributed by atoms with Gasteiger partial charge in [-0.2, -0.15) is 4.98 Å². The van der Waals surface area contributed by atoms with Gasteiger partial charge in [-0.25, -0.2) is 14.3 Å². The summed E-state index contributed by atoms with van der Waals surface area (Å²) in [5.41, 5.74) is 6.93. The predicted molar refractivity (Wildman–Crippen MR) is 99.9 cm³/mol. The zero-order valence-corrected chi connectivity index (χ0v) is 15.2. The van der Waals surface area contributed by atoms with Crippen LogP contribution in [0.1, 0.15) is 18.2 Å². The van der Waals surface area contributed by atoms with Crippen LogP contribution in [0.4, 0.5) is 5.95 Å². The van der Waals surface area contributed by atoms with E-state index in [0.717, 1.165) is 5.56 Å². The number of rotatable bonds is 5. The molecule has 0 amide bonds. The molecule has 10 heteroatoms. The van der Waals surface area contributed by atoms with Gasteiger partial charge >= 0.3 is 5.69 Å². The number of fused-ring (bicyclic) bond motifs is 1. The van der Waals surface area contributed by atoms with Crippen LogP contribution in [-0.4, -0.2) is 55.2 Å². The molecule has 10 nitrogen and oxygen atoms in total. The van der Waals surface area contributed by atoms with Crippen LogP contribution in [0.3, 0.4) is 0 Å². The van der Waals surface area contributed by atoms with Crippen molar-refractivity contribution in [3.05, 3.63) is 46.5 Å². The second-order valence-corrected chi connectivity index (χ2v) is 6.66. The SMILES string of the molecule is COc1ccc(Cn2c(=O)n([C@@H]3O[C@H](CO)C[C@H]3O)c3nc(N)ncc32)cc1. The highest BCUT2D eigenvalue weighted by atomic mass is 16.5. The molecule has 3 aromatic rings. The monoisotopic (exact) mass is 387 g/mol. The average Bonchev–Trinajstić information content (AvgIpc) is 3.19. The van der Waals surface area contributed by atoms with Crippen molar-refractivity contribution in [2.24, 2.45) is 0 Å². The molecule has 0 saturated carbocycles. The Bertz CT molecular complexity index is 1040. The first kappa shape index (κ1) is 18.4. The van der Waals surface area contributed by atoms with Crippen molar-refractivity contribution < 1.29 is 19.7 Å². The smallest absolute Gasteiger partial charge is 0.332 e. The minimum atomic E-state index is -0.960. The molecule has 0 aliphatic carbocycles. The number of aliphatic hydroxyl groups is 2. The van der Waals surface area contributed by atoms with E-state index in [0.29, 0.717) is 11.3 Å². The molecule has 4 rings (SSSR count). The molecule has 0 spiro atoms. The molecule has 0 bridgehead atoms. The van der Waals surface area contributed by atoms with Crippen molar-refractivity contribution in [3.63, 3.8) is 0 Å². The lowest BCUT2D eigenvalue weighted by Crippen LogP contribution is -2.32. The molecule has 3 heterocycles. The molecule has 3 atom stereocenters. The summed E-state index contributed by atoms with van der Waals surface area (Å²) in [6.45, 7) is 0.0236. The number of methoxy groups -OCH3 is 1. The molecule has 1 fully saturated rings. The van der Waals surface area contributed by atoms with Crippen LogP contribution < -0.4 is 16.2 Å². The fourth-order valence-electron chi connectivity index (χ4n) is 3.45. The lowest BCUT2D eigenvalue weighted by Gasteiger charge is -2.15. The van der Waals surface area contributed by atoms with E-state index in [1.54, 1.807) is 7.11 Å². The molecule has 0 unspecified atom stereocenters. The third kappa shape index (κ3) is 3.11. The van der Waals surface area contributed by atoms with Crippen molar-refractivity contribution in [3.8, 4) is 5.75 Å². The summed E-state index contributed by atoms with van der Waals surface area (Å²) in [5.74, 6) is 0.723. The van der Waals surface area contributed by atoms with Crippen LogP contribution in [0.5, 0.6) is 5.75 Å². The number of benzene rings is 1. The fraction of sp³-hybridized carbons (Fsp3) is 0.389. The summed E-state index contributed by atoms with van der Waals surface area (Å²) in [6.07, 6.45) is -0.765. The van der Waals surface area contributed by atoms with Gasteiger partial charge in [-0.05, 0) is 17.7 Å². The number of anilines is 1. The maximum absolute atomic E-state index is 13.2. The lowest BCUT2D eigenvalue weighted by atomic mass is 10.2. The first-order valence-electron chi connectivity index (χ1n) is 8.82. The van der Waals surface area contributed by atoms with Crippen molar-refractivity contribution in [1.29, 1.82) is 0 Å². The Morgan fingerprint density at radius 1 is 1.36 bits per heavy atom. The van der Waals surface area contributed by atoms with Gasteiger partial charge in [0.2, 0.25) is 5.95 Å². The van der Waals surface area contributed by atoms with Gasteiger partial charge in [0.1, 0.15) is 17.4 Å². The van der Waals surface area contributed by atoms with Crippen LogP contribution in [0.25, 0.3) is 11.2 Å². The Balaban J connectivity index is 1.81. The minimum Gasteiger partial charge on any atom is -0.497 e. The van der Waals surface area contributed by atoms with Crippen molar-refractivity contribution >= 4 is 17.1 Å². The summed E-state index contributed by atoms with van der Waals surface area (Å²) >= 11 is 0. The zero-order chi connectivity index (χ0) is 19.8. The van der Waals surface area contributed by atoms with E-state index in [9.17, 15) is 15.0 Å². The van der Waals surface area contributed by atoms with E-state index in [1.165, 1.54) is 15.3 Å². The number of aliphatic hydroxyl groups excluding tert-OH is 2. The number of hydrogen-bond acceptors (Lipinski definition) is 8. The van der Waals surface area contributed by atoms with Crippen LogP contribution >= 0.6 is 0 Å². The standard InChI is InChI=1S/C18H21N5O5/c1-27-11-4-2-10(3-5-11)8-22-13-7-20-17(19)21-15(13)23(18(22)26)16-14(25)6-12(9-24)28-16/h2-5,7,12,14,16,24-25H,6,8-9H2,1H3,(H2,19,20,21)/t12-,14+,16+/m0/s1. The van der Waals surface area contributed by atoms with Crippen LogP contribution in [0.2, 0.25) is 0 Å². The summed E-state index contributed by atoms with van der Waals surface area (Å²) < 4.78 is 13.6. The first-order valence-corrected chi connectivity index (χ1v) is 8.82. The normalized spacial score (nSPS) is 22.0. The van der Waals surface area contributed by atoms with Gasteiger partial charge in [0.05, 0.1) is 32.6 Å². The Kier molecular flexibility index (Phi) is 4.75. The predicted octanol–water partition coefficient (Wildman–Crippen LogP) is -0.127. The molecule has 1 saturated heterocycles. The number of ether oxygens (including phenoxy) is 2. The number of nitrogens with zero attached hydrogens (tertiary/aromatic N) is 4. The van der Waals surface area contributed by atoms with Gasteiger partial charge < -0.3 is 25.4 Å². The van der Waals surface area contributed by atoms with Crippen molar-refractivity contribution in [1.82, 2.24) is 19.1 Å². The molecule has 2 aromatic heterocycles. The van der Waals surface area contributed by atoms with Gasteiger partial charge in [-0.1, -0.05) is 12.1 Å². The Hall–Kier alpha value is -2.95. The van der Waals surface area contributed by atoms with Gasteiger partial charge in [-0.15, -0.1) is 0 Å². The Morgan fingerprint density at radius 3 is 2.75 bits per heavy atom. The molecule has 28 heavy (non-hydrogen) atoms. The molecule has 0 radical (unpaired) electrons. The summed E-state index contributed by atoms with van der Waals surface area (Å²) in [5, 5.41) is 19.7. The van der Waals surface area contributed by atoms with Crippen LogP contribution in [0, 0.1) is 0 Å². The molecular formula is C18H21N5O5. The van der Waals surface area contributed by atoms with Gasteiger partial charge in [-0.3, -0.25) is 4.57 Å². The van der Waals surface area contributed by atoms with Crippen LogP contribution in [-0.2, 0) is 11.3 Å². The van der Waals surface area contributed by atoms with Crippen LogP contribution in [0.15, 0.2) is 35.3 Å². The topological polar surface area (TPSA) is 138 Å². The number of nitrogen functional groups attached to an aromatic ring is 1. The third-order valence-electron chi connectivity index (χ3n) is 4.85. The average molecular weight is 387 g/mol. The maximum Gasteiger partial charge on any atom is 0.332 e. The van der Waals surface area contributed by atoms with E-state index < -0.39 is 24.1 Å². The van der Waals surface area contributed by atoms with E-state index in [-0.39, 0.29) is 31.2 Å². The number of hydrogen-bond donors (Lipinski definition) is 3. The Morgan fingerprint density at radius 2 is 2.11 bits per heavy atom. The number of nitrogens with two attached hydrogens (primary N) is 1. The summed E-state index contributed by atoms with van der Waals surface area (Å²) in [4.78, 5) is 21.4. The van der Waals surface area contributed by atoms with Gasteiger partial charge in [0, 0.05) is 6.42 Å². The van der Waals surface area contributed by atoms with Gasteiger partial charge in [0.15, 0.2) is 11.9 Å². The van der Waals surface area contributed by atoms with Gasteiger partial charge in [0.25, 0.3) is 0 Å². The second-order valence-electron chi connectivity index (χ2n) is 6.66. The highest BCUT2D eigenvalue weighted by Crippen LogP contribution is 2.30. The maximum atomic E-state index is 13.2. The summed E-state index contributed by atoms with van der Waals surface area (Å²) in [7, 11) is 1.58. The first-order chi connectivity index (χ1) is 13.5. The molecular weight excluding hydrogens is 366 g/mol. The molecule has 4 N–H and O–H groups in total. The quantitative estimate of drug-likeness (QED) is 0.551. The molecule has 1 aliphatic heterocycles.